The third-order valence-electron chi connectivity index (χ3n) is 3.12. The molecule has 0 bridgehead atoms. The van der Waals surface area contributed by atoms with Gasteiger partial charge in [0.1, 0.15) is 18.2 Å². The van der Waals surface area contributed by atoms with Crippen LogP contribution in [0.15, 0.2) is 30.5 Å². The van der Waals surface area contributed by atoms with E-state index < -0.39 is 0 Å². The third kappa shape index (κ3) is 2.16. The molecule has 20 heavy (non-hydrogen) atoms. The zero-order valence-electron chi connectivity index (χ0n) is 11.4. The summed E-state index contributed by atoms with van der Waals surface area (Å²) >= 11 is 0. The number of benzene rings is 1. The average molecular weight is 269 g/mol. The number of hydrogen-bond acceptors (Lipinski definition) is 5. The zero-order valence-corrected chi connectivity index (χ0v) is 11.4. The first-order valence-corrected chi connectivity index (χ1v) is 6.27. The fourth-order valence-corrected chi connectivity index (χ4v) is 2.02. The number of nitrogen functional groups attached to an aromatic ring is 1. The van der Waals surface area contributed by atoms with Gasteiger partial charge in [0.25, 0.3) is 0 Å². The summed E-state index contributed by atoms with van der Waals surface area (Å²) in [6, 6.07) is 7.82. The molecule has 0 aliphatic rings. The molecule has 0 radical (unpaired) electrons. The smallest absolute Gasteiger partial charge is 0.170 e. The van der Waals surface area contributed by atoms with Gasteiger partial charge in [-0.05, 0) is 18.6 Å². The maximum absolute atomic E-state index is 5.91. The minimum atomic E-state index is 0.274. The van der Waals surface area contributed by atoms with Crippen molar-refractivity contribution >= 4 is 16.9 Å². The predicted molar refractivity (Wildman–Crippen MR) is 76.2 cm³/mol. The molecule has 0 amide bonds. The van der Waals surface area contributed by atoms with Gasteiger partial charge in [-0.1, -0.05) is 18.2 Å². The molecule has 3 aromatic rings. The van der Waals surface area contributed by atoms with Crippen LogP contribution in [0.4, 0.5) is 5.82 Å². The first-order valence-electron chi connectivity index (χ1n) is 6.27. The van der Waals surface area contributed by atoms with Crippen LogP contribution in [-0.4, -0.2) is 19.7 Å². The summed E-state index contributed by atoms with van der Waals surface area (Å²) in [7, 11) is 1.82. The normalized spacial score (nSPS) is 10.9. The molecule has 0 unspecified atom stereocenters. The lowest BCUT2D eigenvalue weighted by atomic mass is 10.2. The summed E-state index contributed by atoms with van der Waals surface area (Å²) in [4.78, 5) is 8.67. The number of nitrogens with zero attached hydrogens (tertiary/aromatic N) is 4. The van der Waals surface area contributed by atoms with Gasteiger partial charge >= 0.3 is 0 Å². The lowest BCUT2D eigenvalue weighted by molar-refractivity contribution is 0.294. The van der Waals surface area contributed by atoms with Crippen LogP contribution < -0.4 is 10.5 Å². The first kappa shape index (κ1) is 12.4. The van der Waals surface area contributed by atoms with Crippen molar-refractivity contribution in [2.75, 3.05) is 5.73 Å². The van der Waals surface area contributed by atoms with Gasteiger partial charge in [-0.2, -0.15) is 5.10 Å². The summed E-state index contributed by atoms with van der Waals surface area (Å²) in [6.45, 7) is 2.27. The number of hydrogen-bond donors (Lipinski definition) is 1. The van der Waals surface area contributed by atoms with E-state index >= 15 is 0 Å². The first-order chi connectivity index (χ1) is 9.65. The Morgan fingerprint density at radius 3 is 2.85 bits per heavy atom. The minimum Gasteiger partial charge on any atom is -0.485 e. The summed E-state index contributed by atoms with van der Waals surface area (Å²) in [5.74, 6) is 1.79. The van der Waals surface area contributed by atoms with Gasteiger partial charge in [0.2, 0.25) is 0 Å². The standard InChI is InChI=1S/C14H15N5O/c1-9-5-3-4-6-11(9)20-8-12-17-13(15)10-7-16-19(2)14(10)18-12/h3-7H,8H2,1-2H3,(H2,15,17,18). The van der Waals surface area contributed by atoms with E-state index in [4.69, 9.17) is 10.5 Å². The SMILES string of the molecule is Cc1ccccc1OCc1nc(N)c2cnn(C)c2n1. The molecule has 2 heterocycles. The Kier molecular flexibility index (Phi) is 2.98. The Balaban J connectivity index is 1.88. The van der Waals surface area contributed by atoms with Gasteiger partial charge in [-0.3, -0.25) is 4.68 Å². The number of nitrogens with two attached hydrogens (primary N) is 1. The van der Waals surface area contributed by atoms with Crippen molar-refractivity contribution in [3.63, 3.8) is 0 Å². The van der Waals surface area contributed by atoms with Crippen LogP contribution in [0.25, 0.3) is 11.0 Å². The summed E-state index contributed by atoms with van der Waals surface area (Å²) in [6.07, 6.45) is 1.66. The lowest BCUT2D eigenvalue weighted by Crippen LogP contribution is -2.06. The van der Waals surface area contributed by atoms with E-state index in [1.54, 1.807) is 10.9 Å². The number of aromatic nitrogens is 4. The van der Waals surface area contributed by atoms with Gasteiger partial charge in [-0.15, -0.1) is 0 Å². The van der Waals surface area contributed by atoms with Gasteiger partial charge in [-0.25, -0.2) is 9.97 Å². The number of para-hydroxylation sites is 1. The topological polar surface area (TPSA) is 78.9 Å². The maximum Gasteiger partial charge on any atom is 0.170 e. The van der Waals surface area contributed by atoms with Crippen molar-refractivity contribution in [2.24, 2.45) is 7.05 Å². The Morgan fingerprint density at radius 2 is 2.05 bits per heavy atom. The summed E-state index contributed by atoms with van der Waals surface area (Å²) in [5.41, 5.74) is 7.69. The molecule has 0 aliphatic carbocycles. The maximum atomic E-state index is 5.91. The monoisotopic (exact) mass is 269 g/mol. The highest BCUT2D eigenvalue weighted by Gasteiger charge is 2.10. The van der Waals surface area contributed by atoms with Crippen LogP contribution in [0.3, 0.4) is 0 Å². The van der Waals surface area contributed by atoms with E-state index in [0.29, 0.717) is 17.3 Å². The van der Waals surface area contributed by atoms with Crippen molar-refractivity contribution in [1.29, 1.82) is 0 Å². The second-order valence-electron chi connectivity index (χ2n) is 4.58. The fraction of sp³-hybridized carbons (Fsp3) is 0.214. The zero-order chi connectivity index (χ0) is 14.1. The van der Waals surface area contributed by atoms with Crippen molar-refractivity contribution in [2.45, 2.75) is 13.5 Å². The number of fused-ring (bicyclic) bond motifs is 1. The molecule has 2 N–H and O–H groups in total. The minimum absolute atomic E-state index is 0.274. The molecule has 0 aliphatic heterocycles. The van der Waals surface area contributed by atoms with E-state index in [1.165, 1.54) is 0 Å². The molecule has 0 spiro atoms. The molecule has 6 heteroatoms. The second kappa shape index (κ2) is 4.80. The Labute approximate surface area is 116 Å². The molecule has 2 aromatic heterocycles. The van der Waals surface area contributed by atoms with Crippen LogP contribution in [0, 0.1) is 6.92 Å². The molecule has 1 aromatic carbocycles. The molecular formula is C14H15N5O. The van der Waals surface area contributed by atoms with E-state index in [1.807, 2.05) is 38.2 Å². The average Bonchev–Trinajstić information content (AvgIpc) is 2.80. The van der Waals surface area contributed by atoms with E-state index in [0.717, 1.165) is 16.7 Å². The Bertz CT molecular complexity index is 765. The van der Waals surface area contributed by atoms with Gasteiger partial charge < -0.3 is 10.5 Å². The molecule has 0 fully saturated rings. The van der Waals surface area contributed by atoms with Crippen LogP contribution in [-0.2, 0) is 13.7 Å². The molecule has 0 saturated heterocycles. The molecule has 102 valence electrons. The summed E-state index contributed by atoms with van der Waals surface area (Å²) in [5, 5.41) is 4.88. The largest absolute Gasteiger partial charge is 0.485 e. The molecule has 0 saturated carbocycles. The lowest BCUT2D eigenvalue weighted by Gasteiger charge is -2.08. The fourth-order valence-electron chi connectivity index (χ4n) is 2.02. The van der Waals surface area contributed by atoms with Crippen LogP contribution >= 0.6 is 0 Å². The number of rotatable bonds is 3. The molecular weight excluding hydrogens is 254 g/mol. The number of ether oxygens (including phenoxy) is 1. The van der Waals surface area contributed by atoms with Crippen molar-refractivity contribution in [1.82, 2.24) is 19.7 Å². The van der Waals surface area contributed by atoms with E-state index in [2.05, 4.69) is 15.1 Å². The van der Waals surface area contributed by atoms with Crippen LogP contribution in [0.2, 0.25) is 0 Å². The predicted octanol–water partition coefficient (Wildman–Crippen LogP) is 1.83. The number of anilines is 1. The third-order valence-corrected chi connectivity index (χ3v) is 3.12. The van der Waals surface area contributed by atoms with E-state index in [-0.39, 0.29) is 6.61 Å². The summed E-state index contributed by atoms with van der Waals surface area (Å²) < 4.78 is 7.40. The Hall–Kier alpha value is -2.63. The molecule has 6 nitrogen and oxygen atoms in total. The van der Waals surface area contributed by atoms with Crippen molar-refractivity contribution in [3.05, 3.63) is 41.9 Å². The second-order valence-corrected chi connectivity index (χ2v) is 4.58. The Morgan fingerprint density at radius 1 is 1.25 bits per heavy atom. The highest BCUT2D eigenvalue weighted by atomic mass is 16.5. The molecule has 0 atom stereocenters. The van der Waals surface area contributed by atoms with E-state index in [9.17, 15) is 0 Å². The van der Waals surface area contributed by atoms with Gasteiger partial charge in [0, 0.05) is 7.05 Å². The van der Waals surface area contributed by atoms with Crippen LogP contribution in [0.1, 0.15) is 11.4 Å². The highest BCUT2D eigenvalue weighted by molar-refractivity contribution is 5.84. The quantitative estimate of drug-likeness (QED) is 0.784. The van der Waals surface area contributed by atoms with Crippen molar-refractivity contribution < 1.29 is 4.74 Å². The van der Waals surface area contributed by atoms with Gasteiger partial charge in [0.05, 0.1) is 11.6 Å². The highest BCUT2D eigenvalue weighted by Crippen LogP contribution is 2.19. The van der Waals surface area contributed by atoms with Crippen LogP contribution in [0.5, 0.6) is 5.75 Å². The van der Waals surface area contributed by atoms with Crippen molar-refractivity contribution in [3.8, 4) is 5.75 Å². The molecule has 3 rings (SSSR count). The van der Waals surface area contributed by atoms with Gasteiger partial charge in [0.15, 0.2) is 11.5 Å². The number of aryl methyl sites for hydroxylation is 2.